The molecule has 0 bridgehead atoms. The van der Waals surface area contributed by atoms with Crippen molar-refractivity contribution >= 4 is 0 Å². The molecule has 19 heavy (non-hydrogen) atoms. The summed E-state index contributed by atoms with van der Waals surface area (Å²) in [5, 5.41) is 9.20. The molecule has 0 aliphatic carbocycles. The Bertz CT molecular complexity index is 196. The first kappa shape index (κ1) is 16.9. The summed E-state index contributed by atoms with van der Waals surface area (Å²) >= 11 is 0. The second-order valence-electron chi connectivity index (χ2n) is 5.62. The normalized spacial score (nSPS) is 23.7. The summed E-state index contributed by atoms with van der Waals surface area (Å²) in [5.41, 5.74) is 0. The van der Waals surface area contributed by atoms with Crippen LogP contribution in [0, 0.1) is 0 Å². The Morgan fingerprint density at radius 1 is 1.05 bits per heavy atom. The molecule has 1 rings (SSSR count). The molecule has 0 radical (unpaired) electrons. The highest BCUT2D eigenvalue weighted by molar-refractivity contribution is 4.74. The molecular weight excluding hydrogens is 240 g/mol. The maximum absolute atomic E-state index is 9.20. The molecule has 3 heteroatoms. The van der Waals surface area contributed by atoms with Gasteiger partial charge in [0.25, 0.3) is 0 Å². The van der Waals surface area contributed by atoms with Crippen LogP contribution in [0.4, 0.5) is 0 Å². The minimum absolute atomic E-state index is 0.0854. The Morgan fingerprint density at radius 2 is 1.74 bits per heavy atom. The molecule has 0 amide bonds. The van der Waals surface area contributed by atoms with Crippen LogP contribution in [0.2, 0.25) is 0 Å². The van der Waals surface area contributed by atoms with E-state index < -0.39 is 0 Å². The molecule has 1 heterocycles. The second-order valence-corrected chi connectivity index (χ2v) is 5.62. The standard InChI is InChI=1S/C16H32O3/c1-2-3-4-5-6-7-8-9-12-18-15-11-10-13-19-16(15)14-17/h15-17H,2-14H2,1H3. The molecule has 114 valence electrons. The number of rotatable bonds is 11. The number of hydrogen-bond acceptors (Lipinski definition) is 3. The van der Waals surface area contributed by atoms with Gasteiger partial charge in [-0.05, 0) is 19.3 Å². The lowest BCUT2D eigenvalue weighted by molar-refractivity contribution is -0.122. The molecule has 0 aromatic carbocycles. The highest BCUT2D eigenvalue weighted by atomic mass is 16.5. The van der Waals surface area contributed by atoms with Crippen LogP contribution < -0.4 is 0 Å². The third-order valence-corrected chi connectivity index (χ3v) is 3.89. The molecule has 1 saturated heterocycles. The average molecular weight is 272 g/mol. The van der Waals surface area contributed by atoms with Crippen molar-refractivity contribution in [3.63, 3.8) is 0 Å². The van der Waals surface area contributed by atoms with E-state index in [1.165, 1.54) is 44.9 Å². The molecule has 1 aliphatic rings. The van der Waals surface area contributed by atoms with Crippen LogP contribution in [-0.4, -0.2) is 37.1 Å². The maximum atomic E-state index is 9.20. The zero-order valence-corrected chi connectivity index (χ0v) is 12.6. The fourth-order valence-electron chi connectivity index (χ4n) is 2.64. The Labute approximate surface area is 118 Å². The van der Waals surface area contributed by atoms with E-state index in [1.54, 1.807) is 0 Å². The Hall–Kier alpha value is -0.120. The van der Waals surface area contributed by atoms with Crippen molar-refractivity contribution in [1.29, 1.82) is 0 Å². The summed E-state index contributed by atoms with van der Waals surface area (Å²) in [7, 11) is 0. The molecule has 2 unspecified atom stereocenters. The van der Waals surface area contributed by atoms with Crippen LogP contribution in [0.15, 0.2) is 0 Å². The van der Waals surface area contributed by atoms with Gasteiger partial charge in [0, 0.05) is 13.2 Å². The number of unbranched alkanes of at least 4 members (excludes halogenated alkanes) is 7. The average Bonchev–Trinajstić information content (AvgIpc) is 2.46. The van der Waals surface area contributed by atoms with E-state index in [1.807, 2.05) is 0 Å². The number of aliphatic hydroxyl groups is 1. The first-order chi connectivity index (χ1) is 9.38. The van der Waals surface area contributed by atoms with Gasteiger partial charge < -0.3 is 14.6 Å². The Balaban J connectivity index is 1.89. The van der Waals surface area contributed by atoms with Gasteiger partial charge in [0.2, 0.25) is 0 Å². The topological polar surface area (TPSA) is 38.7 Å². The predicted molar refractivity (Wildman–Crippen MR) is 78.4 cm³/mol. The molecule has 1 N–H and O–H groups in total. The fraction of sp³-hybridized carbons (Fsp3) is 1.00. The monoisotopic (exact) mass is 272 g/mol. The van der Waals surface area contributed by atoms with Crippen molar-refractivity contribution in [3.8, 4) is 0 Å². The van der Waals surface area contributed by atoms with Crippen LogP contribution >= 0.6 is 0 Å². The van der Waals surface area contributed by atoms with Gasteiger partial charge in [-0.1, -0.05) is 51.9 Å². The van der Waals surface area contributed by atoms with E-state index in [-0.39, 0.29) is 18.8 Å². The SMILES string of the molecule is CCCCCCCCCCOC1CCCOC1CO. The van der Waals surface area contributed by atoms with Crippen molar-refractivity contribution in [2.75, 3.05) is 19.8 Å². The van der Waals surface area contributed by atoms with E-state index in [2.05, 4.69) is 6.92 Å². The molecule has 1 fully saturated rings. The van der Waals surface area contributed by atoms with Crippen molar-refractivity contribution in [1.82, 2.24) is 0 Å². The lowest BCUT2D eigenvalue weighted by Gasteiger charge is -2.30. The molecule has 1 aliphatic heterocycles. The first-order valence-corrected chi connectivity index (χ1v) is 8.22. The quantitative estimate of drug-likeness (QED) is 0.583. The van der Waals surface area contributed by atoms with E-state index in [0.717, 1.165) is 32.5 Å². The van der Waals surface area contributed by atoms with Gasteiger partial charge in [-0.3, -0.25) is 0 Å². The summed E-state index contributed by atoms with van der Waals surface area (Å²) < 4.78 is 11.3. The smallest absolute Gasteiger partial charge is 0.107 e. The lowest BCUT2D eigenvalue weighted by atomic mass is 10.1. The summed E-state index contributed by atoms with van der Waals surface area (Å²) in [4.78, 5) is 0. The summed E-state index contributed by atoms with van der Waals surface area (Å²) in [6, 6.07) is 0. The third-order valence-electron chi connectivity index (χ3n) is 3.89. The second kappa shape index (κ2) is 11.7. The van der Waals surface area contributed by atoms with Gasteiger partial charge in [-0.25, -0.2) is 0 Å². The Kier molecular flexibility index (Phi) is 10.4. The van der Waals surface area contributed by atoms with Crippen LogP contribution in [0.25, 0.3) is 0 Å². The minimum Gasteiger partial charge on any atom is -0.394 e. The third kappa shape index (κ3) is 7.91. The maximum Gasteiger partial charge on any atom is 0.107 e. The van der Waals surface area contributed by atoms with Crippen LogP contribution in [0.1, 0.15) is 71.1 Å². The minimum atomic E-state index is -0.0946. The van der Waals surface area contributed by atoms with Crippen molar-refractivity contribution in [3.05, 3.63) is 0 Å². The van der Waals surface area contributed by atoms with Crippen LogP contribution in [-0.2, 0) is 9.47 Å². The van der Waals surface area contributed by atoms with Crippen molar-refractivity contribution < 1.29 is 14.6 Å². The summed E-state index contributed by atoms with van der Waals surface area (Å²) in [6.07, 6.45) is 12.7. The Morgan fingerprint density at radius 3 is 2.42 bits per heavy atom. The first-order valence-electron chi connectivity index (χ1n) is 8.22. The molecule has 0 spiro atoms. The van der Waals surface area contributed by atoms with E-state index in [0.29, 0.717) is 0 Å². The molecule has 3 nitrogen and oxygen atoms in total. The lowest BCUT2D eigenvalue weighted by Crippen LogP contribution is -2.39. The fourth-order valence-corrected chi connectivity index (χ4v) is 2.64. The van der Waals surface area contributed by atoms with Gasteiger partial charge in [-0.2, -0.15) is 0 Å². The van der Waals surface area contributed by atoms with Gasteiger partial charge in [-0.15, -0.1) is 0 Å². The molecule has 0 aromatic heterocycles. The predicted octanol–water partition coefficient (Wildman–Crippen LogP) is 3.68. The van der Waals surface area contributed by atoms with E-state index in [9.17, 15) is 5.11 Å². The number of hydrogen-bond donors (Lipinski definition) is 1. The van der Waals surface area contributed by atoms with Gasteiger partial charge >= 0.3 is 0 Å². The molecule has 2 atom stereocenters. The highest BCUT2D eigenvalue weighted by Crippen LogP contribution is 2.17. The highest BCUT2D eigenvalue weighted by Gasteiger charge is 2.25. The van der Waals surface area contributed by atoms with E-state index in [4.69, 9.17) is 9.47 Å². The molecule has 0 saturated carbocycles. The number of aliphatic hydroxyl groups excluding tert-OH is 1. The van der Waals surface area contributed by atoms with E-state index >= 15 is 0 Å². The van der Waals surface area contributed by atoms with Crippen molar-refractivity contribution in [2.45, 2.75) is 83.3 Å². The summed E-state index contributed by atoms with van der Waals surface area (Å²) in [5.74, 6) is 0. The van der Waals surface area contributed by atoms with Gasteiger partial charge in [0.15, 0.2) is 0 Å². The largest absolute Gasteiger partial charge is 0.394 e. The molecular formula is C16H32O3. The zero-order chi connectivity index (χ0) is 13.8. The number of ether oxygens (including phenoxy) is 2. The van der Waals surface area contributed by atoms with Gasteiger partial charge in [0.05, 0.1) is 12.7 Å². The van der Waals surface area contributed by atoms with Crippen molar-refractivity contribution in [2.24, 2.45) is 0 Å². The van der Waals surface area contributed by atoms with Crippen LogP contribution in [0.3, 0.4) is 0 Å². The van der Waals surface area contributed by atoms with Gasteiger partial charge in [0.1, 0.15) is 6.10 Å². The van der Waals surface area contributed by atoms with Crippen LogP contribution in [0.5, 0.6) is 0 Å². The zero-order valence-electron chi connectivity index (χ0n) is 12.6. The summed E-state index contributed by atoms with van der Waals surface area (Å²) in [6.45, 7) is 3.93. The molecule has 0 aromatic rings.